The topological polar surface area (TPSA) is 102 Å². The van der Waals surface area contributed by atoms with Crippen LogP contribution < -0.4 is 5.32 Å². The van der Waals surface area contributed by atoms with Gasteiger partial charge in [-0.3, -0.25) is 19.0 Å². The second kappa shape index (κ2) is 7.36. The molecule has 0 saturated carbocycles. The van der Waals surface area contributed by atoms with Gasteiger partial charge in [-0.25, -0.2) is 4.39 Å². The molecule has 1 aromatic carbocycles. The van der Waals surface area contributed by atoms with Gasteiger partial charge in [0.05, 0.1) is 18.3 Å². The molecule has 2 N–H and O–H groups in total. The van der Waals surface area contributed by atoms with Gasteiger partial charge in [0.25, 0.3) is 5.91 Å². The molecule has 2 aromatic heterocycles. The molecule has 0 fully saturated rings. The zero-order chi connectivity index (χ0) is 18.7. The average Bonchev–Trinajstić information content (AvgIpc) is 3.16. The van der Waals surface area contributed by atoms with Gasteiger partial charge in [0.1, 0.15) is 17.4 Å². The molecule has 0 aliphatic heterocycles. The van der Waals surface area contributed by atoms with Crippen molar-refractivity contribution in [1.82, 2.24) is 19.6 Å². The fourth-order valence-corrected chi connectivity index (χ4v) is 2.42. The summed E-state index contributed by atoms with van der Waals surface area (Å²) in [4.78, 5) is 22.9. The van der Waals surface area contributed by atoms with E-state index in [4.69, 9.17) is 16.7 Å². The molecule has 10 heteroatoms. The molecule has 0 atom stereocenters. The number of carboxylic acid groups (broad SMARTS) is 1. The number of hydrogen-bond acceptors (Lipinski definition) is 4. The zero-order valence-corrected chi connectivity index (χ0v) is 14.0. The number of anilines is 1. The Morgan fingerprint density at radius 1 is 1.19 bits per heavy atom. The molecule has 3 aromatic rings. The fraction of sp³-hybridized carbons (Fsp3) is 0.125. The minimum absolute atomic E-state index is 0.157. The summed E-state index contributed by atoms with van der Waals surface area (Å²) in [5.74, 6) is -1.76. The van der Waals surface area contributed by atoms with E-state index in [1.54, 1.807) is 12.1 Å². The summed E-state index contributed by atoms with van der Waals surface area (Å²) in [6.07, 6.45) is 4.10. The molecule has 1 amide bonds. The Morgan fingerprint density at radius 3 is 2.62 bits per heavy atom. The summed E-state index contributed by atoms with van der Waals surface area (Å²) >= 11 is 6.09. The lowest BCUT2D eigenvalue weighted by molar-refractivity contribution is -0.137. The van der Waals surface area contributed by atoms with Crippen LogP contribution in [0.15, 0.2) is 42.9 Å². The molecule has 0 unspecified atom stereocenters. The lowest BCUT2D eigenvalue weighted by atomic mass is 10.2. The quantitative estimate of drug-likeness (QED) is 0.686. The number of nitrogens with one attached hydrogen (secondary N) is 1. The number of nitrogens with zero attached hydrogens (tertiary/aromatic N) is 4. The number of carboxylic acids is 1. The van der Waals surface area contributed by atoms with Gasteiger partial charge in [-0.15, -0.1) is 0 Å². The van der Waals surface area contributed by atoms with Crippen molar-refractivity contribution in [3.8, 4) is 0 Å². The van der Waals surface area contributed by atoms with E-state index in [-0.39, 0.29) is 28.8 Å². The molecule has 0 aliphatic carbocycles. The number of hydrogen-bond donors (Lipinski definition) is 2. The second-order valence-corrected chi connectivity index (χ2v) is 5.83. The van der Waals surface area contributed by atoms with Crippen LogP contribution in [-0.2, 0) is 17.9 Å². The van der Waals surface area contributed by atoms with Gasteiger partial charge in [-0.1, -0.05) is 23.7 Å². The number of carbonyl (C=O) groups excluding carboxylic acids is 1. The van der Waals surface area contributed by atoms with E-state index in [0.717, 1.165) is 10.2 Å². The molecular formula is C16H13ClFN5O3. The number of amides is 1. The monoisotopic (exact) mass is 377 g/mol. The standard InChI is InChI=1S/C16H13ClFN5O3/c17-13-8-23(6-10-1-3-12(18)4-2-10)21-15(13)20-16(26)11-5-19-22(7-11)9-14(24)25/h1-5,7-8H,6,9H2,(H,24,25)(H,20,21,26). The van der Waals surface area contributed by atoms with E-state index in [1.165, 1.54) is 35.4 Å². The third-order valence-electron chi connectivity index (χ3n) is 3.40. The van der Waals surface area contributed by atoms with Gasteiger partial charge in [0, 0.05) is 12.4 Å². The van der Waals surface area contributed by atoms with E-state index < -0.39 is 11.9 Å². The van der Waals surface area contributed by atoms with E-state index in [2.05, 4.69) is 15.5 Å². The Bertz CT molecular complexity index is 951. The van der Waals surface area contributed by atoms with Crippen LogP contribution in [0.2, 0.25) is 5.02 Å². The highest BCUT2D eigenvalue weighted by atomic mass is 35.5. The lowest BCUT2D eigenvalue weighted by Crippen LogP contribution is -2.13. The summed E-state index contributed by atoms with van der Waals surface area (Å²) in [5.41, 5.74) is 0.994. The second-order valence-electron chi connectivity index (χ2n) is 5.42. The molecule has 2 heterocycles. The highest BCUT2D eigenvalue weighted by Gasteiger charge is 2.15. The van der Waals surface area contributed by atoms with Gasteiger partial charge < -0.3 is 10.4 Å². The van der Waals surface area contributed by atoms with Crippen molar-refractivity contribution >= 4 is 29.3 Å². The van der Waals surface area contributed by atoms with Crippen molar-refractivity contribution in [3.05, 3.63) is 64.8 Å². The fourth-order valence-electron chi connectivity index (χ4n) is 2.23. The van der Waals surface area contributed by atoms with E-state index >= 15 is 0 Å². The first-order valence-electron chi connectivity index (χ1n) is 7.43. The van der Waals surface area contributed by atoms with E-state index in [9.17, 15) is 14.0 Å². The Kier molecular flexibility index (Phi) is 4.99. The summed E-state index contributed by atoms with van der Waals surface area (Å²) in [7, 11) is 0. The lowest BCUT2D eigenvalue weighted by Gasteiger charge is -2.02. The molecule has 3 rings (SSSR count). The molecule has 26 heavy (non-hydrogen) atoms. The minimum atomic E-state index is -1.07. The average molecular weight is 378 g/mol. The van der Waals surface area contributed by atoms with Crippen molar-refractivity contribution in [2.75, 3.05) is 5.32 Å². The Balaban J connectivity index is 1.68. The highest BCUT2D eigenvalue weighted by molar-refractivity contribution is 6.33. The van der Waals surface area contributed by atoms with Crippen LogP contribution in [0.1, 0.15) is 15.9 Å². The first-order chi connectivity index (χ1) is 12.4. The summed E-state index contributed by atoms with van der Waals surface area (Å²) < 4.78 is 15.6. The van der Waals surface area contributed by atoms with Gasteiger partial charge in [0.15, 0.2) is 5.82 Å². The van der Waals surface area contributed by atoms with Crippen LogP contribution in [0.5, 0.6) is 0 Å². The van der Waals surface area contributed by atoms with Crippen LogP contribution in [0.25, 0.3) is 0 Å². The van der Waals surface area contributed by atoms with Gasteiger partial charge >= 0.3 is 5.97 Å². The number of carbonyl (C=O) groups is 2. The Hall–Kier alpha value is -3.20. The zero-order valence-electron chi connectivity index (χ0n) is 13.3. The highest BCUT2D eigenvalue weighted by Crippen LogP contribution is 2.21. The number of rotatable bonds is 6. The normalized spacial score (nSPS) is 10.7. The molecule has 134 valence electrons. The van der Waals surface area contributed by atoms with Crippen LogP contribution >= 0.6 is 11.6 Å². The molecule has 0 bridgehead atoms. The summed E-state index contributed by atoms with van der Waals surface area (Å²) in [5, 5.41) is 19.5. The van der Waals surface area contributed by atoms with E-state index in [1.807, 2.05) is 0 Å². The van der Waals surface area contributed by atoms with Crippen molar-refractivity contribution in [3.63, 3.8) is 0 Å². The van der Waals surface area contributed by atoms with Crippen molar-refractivity contribution < 1.29 is 19.1 Å². The van der Waals surface area contributed by atoms with Crippen LogP contribution in [0.4, 0.5) is 10.2 Å². The van der Waals surface area contributed by atoms with Crippen LogP contribution in [0, 0.1) is 5.82 Å². The maximum absolute atomic E-state index is 12.9. The first kappa shape index (κ1) is 17.6. The number of halogens is 2. The van der Waals surface area contributed by atoms with Gasteiger partial charge in [-0.2, -0.15) is 10.2 Å². The maximum atomic E-state index is 12.9. The van der Waals surface area contributed by atoms with Crippen molar-refractivity contribution in [2.24, 2.45) is 0 Å². The maximum Gasteiger partial charge on any atom is 0.325 e. The molecule has 8 nitrogen and oxygen atoms in total. The SMILES string of the molecule is O=C(O)Cn1cc(C(=O)Nc2nn(Cc3ccc(F)cc3)cc2Cl)cn1. The predicted molar refractivity (Wildman–Crippen MR) is 90.6 cm³/mol. The van der Waals surface area contributed by atoms with E-state index in [0.29, 0.717) is 6.54 Å². The smallest absolute Gasteiger partial charge is 0.325 e. The minimum Gasteiger partial charge on any atom is -0.480 e. The van der Waals surface area contributed by atoms with Gasteiger partial charge in [-0.05, 0) is 17.7 Å². The van der Waals surface area contributed by atoms with Crippen molar-refractivity contribution in [1.29, 1.82) is 0 Å². The Labute approximate surface area is 151 Å². The molecule has 0 saturated heterocycles. The van der Waals surface area contributed by atoms with Crippen LogP contribution in [0.3, 0.4) is 0 Å². The Morgan fingerprint density at radius 2 is 1.92 bits per heavy atom. The third kappa shape index (κ3) is 4.25. The van der Waals surface area contributed by atoms with Gasteiger partial charge in [0.2, 0.25) is 0 Å². The van der Waals surface area contributed by atoms with Crippen LogP contribution in [-0.4, -0.2) is 36.5 Å². The predicted octanol–water partition coefficient (Wildman–Crippen LogP) is 2.26. The van der Waals surface area contributed by atoms with Crippen molar-refractivity contribution in [2.45, 2.75) is 13.1 Å². The summed E-state index contributed by atoms with van der Waals surface area (Å²) in [6, 6.07) is 5.94. The first-order valence-corrected chi connectivity index (χ1v) is 7.81. The largest absolute Gasteiger partial charge is 0.480 e. The third-order valence-corrected chi connectivity index (χ3v) is 3.68. The summed E-state index contributed by atoms with van der Waals surface area (Å²) in [6.45, 7) is 0.00669. The molecule has 0 aliphatic rings. The molecule has 0 spiro atoms. The number of benzene rings is 1. The molecule has 0 radical (unpaired) electrons. The number of aromatic nitrogens is 4. The number of aliphatic carboxylic acids is 1. The molecular weight excluding hydrogens is 365 g/mol.